The minimum Gasteiger partial charge on any atom is -0.268 e. The molecule has 120 valence electrons. The maximum atomic E-state index is 13.9. The topological polar surface area (TPSA) is 63.6 Å². The molecule has 0 atom stereocenters. The van der Waals surface area contributed by atoms with Crippen molar-refractivity contribution in [3.63, 3.8) is 0 Å². The van der Waals surface area contributed by atoms with E-state index in [9.17, 15) is 26.7 Å². The highest BCUT2D eigenvalue weighted by Crippen LogP contribution is 2.38. The Kier molecular flexibility index (Phi) is 3.24. The van der Waals surface area contributed by atoms with E-state index in [1.54, 1.807) is 0 Å². The third-order valence-corrected chi connectivity index (χ3v) is 3.36. The number of benzene rings is 1. The molecule has 0 amide bonds. The lowest BCUT2D eigenvalue weighted by molar-refractivity contribution is -0.147. The number of aromatic nitrogens is 3. The number of halogens is 5. The number of hydrogen-bond acceptors (Lipinski definition) is 3. The second-order valence-electron chi connectivity index (χ2n) is 5.01. The van der Waals surface area contributed by atoms with Crippen LogP contribution >= 0.6 is 0 Å². The molecule has 1 aromatic carbocycles. The lowest BCUT2D eigenvalue weighted by Gasteiger charge is -2.05. The van der Waals surface area contributed by atoms with E-state index in [1.807, 2.05) is 0 Å². The average Bonchev–Trinajstić information content (AvgIpc) is 3.23. The predicted octanol–water partition coefficient (Wildman–Crippen LogP) is 2.54. The number of rotatable bonds is 2. The molecule has 0 aliphatic heterocycles. The van der Waals surface area contributed by atoms with Crippen molar-refractivity contribution < 1.29 is 22.0 Å². The van der Waals surface area contributed by atoms with Gasteiger partial charge in [0.2, 0.25) is 5.82 Å². The van der Waals surface area contributed by atoms with E-state index in [0.717, 1.165) is 0 Å². The van der Waals surface area contributed by atoms with E-state index >= 15 is 0 Å². The summed E-state index contributed by atoms with van der Waals surface area (Å²) in [4.78, 5) is 12.1. The zero-order chi connectivity index (χ0) is 16.9. The molecule has 1 aromatic heterocycles. The van der Waals surface area contributed by atoms with E-state index in [1.165, 1.54) is 6.07 Å². The molecule has 1 heterocycles. The molecule has 10 heteroatoms. The third kappa shape index (κ3) is 2.48. The second-order valence-corrected chi connectivity index (χ2v) is 5.01. The van der Waals surface area contributed by atoms with Gasteiger partial charge in [-0.25, -0.2) is 13.6 Å². The van der Waals surface area contributed by atoms with Crippen LogP contribution in [0.15, 0.2) is 16.9 Å². The van der Waals surface area contributed by atoms with Crippen molar-refractivity contribution in [2.24, 2.45) is 0 Å². The van der Waals surface area contributed by atoms with Crippen molar-refractivity contribution in [2.75, 3.05) is 0 Å². The molecule has 1 fully saturated rings. The first-order valence-electron chi connectivity index (χ1n) is 6.42. The molecule has 23 heavy (non-hydrogen) atoms. The summed E-state index contributed by atoms with van der Waals surface area (Å²) in [5.74, 6) is -3.85. The number of alkyl halides is 3. The SMILES string of the molecule is N#Cc1cc(F)c(-n2nc(C(F)(F)F)n(C3CC3)c2=O)cc1F. The Morgan fingerprint density at radius 1 is 1.22 bits per heavy atom. The maximum absolute atomic E-state index is 13.9. The van der Waals surface area contributed by atoms with Gasteiger partial charge in [-0.1, -0.05) is 0 Å². The molecule has 0 unspecified atom stereocenters. The summed E-state index contributed by atoms with van der Waals surface area (Å²) >= 11 is 0. The van der Waals surface area contributed by atoms with E-state index in [-0.39, 0.29) is 4.68 Å². The van der Waals surface area contributed by atoms with Gasteiger partial charge in [-0.15, -0.1) is 5.10 Å². The second kappa shape index (κ2) is 4.91. The Morgan fingerprint density at radius 2 is 1.87 bits per heavy atom. The smallest absolute Gasteiger partial charge is 0.268 e. The number of nitrogens with zero attached hydrogens (tertiary/aromatic N) is 4. The molecular formula is C13H7F5N4O. The summed E-state index contributed by atoms with van der Waals surface area (Å²) in [5.41, 5.74) is -2.61. The normalized spacial score (nSPS) is 14.8. The Labute approximate surface area is 125 Å². The summed E-state index contributed by atoms with van der Waals surface area (Å²) in [6.45, 7) is 0. The van der Waals surface area contributed by atoms with Crippen molar-refractivity contribution >= 4 is 0 Å². The predicted molar refractivity (Wildman–Crippen MR) is 65.7 cm³/mol. The van der Waals surface area contributed by atoms with Gasteiger partial charge < -0.3 is 0 Å². The maximum Gasteiger partial charge on any atom is 0.451 e. The van der Waals surface area contributed by atoms with Crippen LogP contribution in [0.4, 0.5) is 22.0 Å². The van der Waals surface area contributed by atoms with Crippen LogP contribution in [-0.2, 0) is 6.18 Å². The van der Waals surface area contributed by atoms with E-state index < -0.39 is 46.6 Å². The van der Waals surface area contributed by atoms with E-state index in [2.05, 4.69) is 5.10 Å². The zero-order valence-corrected chi connectivity index (χ0v) is 11.2. The largest absolute Gasteiger partial charge is 0.451 e. The van der Waals surface area contributed by atoms with Gasteiger partial charge in [0, 0.05) is 12.1 Å². The average molecular weight is 330 g/mol. The van der Waals surface area contributed by atoms with Crippen LogP contribution in [0.25, 0.3) is 5.69 Å². The minimum absolute atomic E-state index is 0.167. The molecule has 1 aliphatic carbocycles. The van der Waals surface area contributed by atoms with Crippen molar-refractivity contribution in [3.8, 4) is 11.8 Å². The summed E-state index contributed by atoms with van der Waals surface area (Å²) in [6.07, 6.45) is -4.16. The molecular weight excluding hydrogens is 323 g/mol. The van der Waals surface area contributed by atoms with Gasteiger partial charge in [0.15, 0.2) is 5.82 Å². The summed E-state index contributed by atoms with van der Waals surface area (Å²) in [7, 11) is 0. The quantitative estimate of drug-likeness (QED) is 0.795. The van der Waals surface area contributed by atoms with Crippen LogP contribution in [0.2, 0.25) is 0 Å². The Hall–Kier alpha value is -2.70. The van der Waals surface area contributed by atoms with Crippen molar-refractivity contribution in [1.82, 2.24) is 14.3 Å². The van der Waals surface area contributed by atoms with Gasteiger partial charge in [-0.2, -0.15) is 23.1 Å². The lowest BCUT2D eigenvalue weighted by atomic mass is 10.2. The molecule has 3 rings (SSSR count). The van der Waals surface area contributed by atoms with Crippen LogP contribution in [0.5, 0.6) is 0 Å². The molecule has 5 nitrogen and oxygen atoms in total. The molecule has 1 saturated carbocycles. The highest BCUT2D eigenvalue weighted by Gasteiger charge is 2.43. The molecule has 1 aliphatic rings. The Morgan fingerprint density at radius 3 is 2.39 bits per heavy atom. The van der Waals surface area contributed by atoms with Crippen LogP contribution in [0.3, 0.4) is 0 Å². The molecule has 0 spiro atoms. The number of hydrogen-bond donors (Lipinski definition) is 0. The standard InChI is InChI=1S/C13H7F5N4O/c14-8-4-10(9(15)3-6(8)5-19)22-12(23)21(7-1-2-7)11(20-22)13(16,17)18/h3-4,7H,1-2H2. The Bertz CT molecular complexity index is 885. The molecule has 0 saturated heterocycles. The van der Waals surface area contributed by atoms with Crippen molar-refractivity contribution in [1.29, 1.82) is 5.26 Å². The zero-order valence-electron chi connectivity index (χ0n) is 11.2. The monoisotopic (exact) mass is 330 g/mol. The van der Waals surface area contributed by atoms with Gasteiger partial charge in [-0.05, 0) is 18.9 Å². The first-order valence-corrected chi connectivity index (χ1v) is 6.42. The van der Waals surface area contributed by atoms with Gasteiger partial charge in [0.05, 0.1) is 5.56 Å². The van der Waals surface area contributed by atoms with Crippen LogP contribution in [0, 0.1) is 23.0 Å². The highest BCUT2D eigenvalue weighted by atomic mass is 19.4. The summed E-state index contributed by atoms with van der Waals surface area (Å²) in [5, 5.41) is 11.7. The Balaban J connectivity index is 2.25. The van der Waals surface area contributed by atoms with Crippen molar-refractivity contribution in [2.45, 2.75) is 25.1 Å². The molecule has 0 N–H and O–H groups in total. The fourth-order valence-electron chi connectivity index (χ4n) is 2.17. The van der Waals surface area contributed by atoms with Crippen LogP contribution in [0.1, 0.15) is 30.3 Å². The lowest BCUT2D eigenvalue weighted by Crippen LogP contribution is -2.26. The molecule has 0 bridgehead atoms. The highest BCUT2D eigenvalue weighted by molar-refractivity contribution is 5.41. The number of nitriles is 1. The fourth-order valence-corrected chi connectivity index (χ4v) is 2.17. The first-order chi connectivity index (χ1) is 10.7. The fraction of sp³-hybridized carbons (Fsp3) is 0.308. The molecule has 2 aromatic rings. The van der Waals surface area contributed by atoms with E-state index in [4.69, 9.17) is 5.26 Å². The third-order valence-electron chi connectivity index (χ3n) is 3.36. The van der Waals surface area contributed by atoms with E-state index in [0.29, 0.717) is 29.5 Å². The van der Waals surface area contributed by atoms with Crippen molar-refractivity contribution in [3.05, 3.63) is 45.6 Å². The van der Waals surface area contributed by atoms with Gasteiger partial charge in [-0.3, -0.25) is 4.57 Å². The van der Waals surface area contributed by atoms with Gasteiger partial charge >= 0.3 is 11.9 Å². The van der Waals surface area contributed by atoms with Crippen LogP contribution < -0.4 is 5.69 Å². The summed E-state index contributed by atoms with van der Waals surface area (Å²) < 4.78 is 67.1. The van der Waals surface area contributed by atoms with Gasteiger partial charge in [0.1, 0.15) is 17.6 Å². The van der Waals surface area contributed by atoms with Crippen LogP contribution in [-0.4, -0.2) is 14.3 Å². The molecule has 0 radical (unpaired) electrons. The van der Waals surface area contributed by atoms with Gasteiger partial charge in [0.25, 0.3) is 0 Å². The minimum atomic E-state index is -4.91. The summed E-state index contributed by atoms with van der Waals surface area (Å²) in [6, 6.07) is 1.71. The first kappa shape index (κ1) is 15.2.